The van der Waals surface area contributed by atoms with Crippen LogP contribution in [0.3, 0.4) is 0 Å². The summed E-state index contributed by atoms with van der Waals surface area (Å²) in [6.07, 6.45) is 2.64. The van der Waals surface area contributed by atoms with Crippen molar-refractivity contribution < 1.29 is 9.59 Å². The molecule has 5 nitrogen and oxygen atoms in total. The molecule has 2 N–H and O–H groups in total. The number of carbonyl (C=O) groups is 2. The number of H-pyrrole nitrogens is 1. The van der Waals surface area contributed by atoms with Crippen LogP contribution in [0.15, 0.2) is 22.8 Å². The van der Waals surface area contributed by atoms with Crippen LogP contribution in [-0.4, -0.2) is 22.0 Å². The molecule has 1 saturated heterocycles. The highest BCUT2D eigenvalue weighted by atomic mass is 79.9. The van der Waals surface area contributed by atoms with Crippen LogP contribution in [0.4, 0.5) is 0 Å². The molecular weight excluding hydrogens is 298 g/mol. The molecule has 1 aliphatic heterocycles. The first-order chi connectivity index (χ1) is 8.66. The van der Waals surface area contributed by atoms with Gasteiger partial charge in [-0.15, -0.1) is 0 Å². The first-order valence-electron chi connectivity index (χ1n) is 5.62. The minimum atomic E-state index is -0.282. The van der Waals surface area contributed by atoms with Gasteiger partial charge >= 0.3 is 0 Å². The molecule has 2 heterocycles. The van der Waals surface area contributed by atoms with Crippen molar-refractivity contribution in [2.75, 3.05) is 0 Å². The average molecular weight is 308 g/mol. The second-order valence-electron chi connectivity index (χ2n) is 4.30. The Hall–Kier alpha value is -1.69. The van der Waals surface area contributed by atoms with Gasteiger partial charge < -0.3 is 0 Å². The van der Waals surface area contributed by atoms with E-state index in [4.69, 9.17) is 0 Å². The van der Waals surface area contributed by atoms with Crippen molar-refractivity contribution in [2.45, 2.75) is 18.8 Å². The fourth-order valence-corrected chi connectivity index (χ4v) is 2.75. The number of imide groups is 1. The van der Waals surface area contributed by atoms with Gasteiger partial charge in [0.25, 0.3) is 0 Å². The fraction of sp³-hybridized carbons (Fsp3) is 0.250. The van der Waals surface area contributed by atoms with Gasteiger partial charge in [0, 0.05) is 16.3 Å². The largest absolute Gasteiger partial charge is 0.296 e. The molecule has 1 aromatic carbocycles. The first-order valence-corrected chi connectivity index (χ1v) is 6.41. The molecule has 0 radical (unpaired) electrons. The molecular formula is C12H10BrN3O2. The Labute approximate surface area is 111 Å². The number of benzene rings is 1. The van der Waals surface area contributed by atoms with Crippen LogP contribution in [-0.2, 0) is 9.59 Å². The van der Waals surface area contributed by atoms with E-state index >= 15 is 0 Å². The summed E-state index contributed by atoms with van der Waals surface area (Å²) in [5.41, 5.74) is 1.78. The van der Waals surface area contributed by atoms with Gasteiger partial charge in [-0.3, -0.25) is 20.0 Å². The molecule has 1 atom stereocenters. The van der Waals surface area contributed by atoms with Crippen LogP contribution in [0.5, 0.6) is 0 Å². The third-order valence-corrected chi connectivity index (χ3v) is 3.87. The Bertz CT molecular complexity index is 650. The van der Waals surface area contributed by atoms with Crippen LogP contribution in [0.25, 0.3) is 10.9 Å². The highest BCUT2D eigenvalue weighted by molar-refractivity contribution is 9.10. The number of halogens is 1. The summed E-state index contributed by atoms with van der Waals surface area (Å²) in [6, 6.07) is 3.79. The highest BCUT2D eigenvalue weighted by Crippen LogP contribution is 2.33. The standard InChI is InChI=1S/C12H10BrN3O2/c13-9-3-1-6(8-5-14-16-11(8)9)7-2-4-10(17)15-12(7)18/h1,3,5,7H,2,4H2,(H,14,16)(H,15,17,18). The number of fused-ring (bicyclic) bond motifs is 1. The highest BCUT2D eigenvalue weighted by Gasteiger charge is 2.29. The van der Waals surface area contributed by atoms with Crippen molar-refractivity contribution in [3.8, 4) is 0 Å². The number of piperidine rings is 1. The molecule has 1 unspecified atom stereocenters. The lowest BCUT2D eigenvalue weighted by molar-refractivity contribution is -0.134. The summed E-state index contributed by atoms with van der Waals surface area (Å²) in [7, 11) is 0. The smallest absolute Gasteiger partial charge is 0.234 e. The third kappa shape index (κ3) is 1.73. The molecule has 0 bridgehead atoms. The van der Waals surface area contributed by atoms with Crippen molar-refractivity contribution in [2.24, 2.45) is 0 Å². The lowest BCUT2D eigenvalue weighted by Crippen LogP contribution is -2.39. The molecule has 0 aliphatic carbocycles. The number of hydrogen-bond donors (Lipinski definition) is 2. The molecule has 1 fully saturated rings. The summed E-state index contributed by atoms with van der Waals surface area (Å²) in [5.74, 6) is -0.705. The Balaban J connectivity index is 2.09. The normalized spacial score (nSPS) is 20.2. The van der Waals surface area contributed by atoms with E-state index in [1.165, 1.54) is 0 Å². The number of carbonyl (C=O) groups excluding carboxylic acids is 2. The zero-order chi connectivity index (χ0) is 12.7. The second-order valence-corrected chi connectivity index (χ2v) is 5.15. The van der Waals surface area contributed by atoms with Crippen molar-refractivity contribution >= 4 is 38.6 Å². The molecule has 1 aliphatic rings. The summed E-state index contributed by atoms with van der Waals surface area (Å²) >= 11 is 3.43. The Morgan fingerprint density at radius 3 is 2.94 bits per heavy atom. The van der Waals surface area contributed by atoms with Crippen LogP contribution in [0.2, 0.25) is 0 Å². The molecule has 18 heavy (non-hydrogen) atoms. The maximum Gasteiger partial charge on any atom is 0.234 e. The van der Waals surface area contributed by atoms with Crippen LogP contribution >= 0.6 is 15.9 Å². The van der Waals surface area contributed by atoms with Crippen molar-refractivity contribution in [3.05, 3.63) is 28.4 Å². The molecule has 92 valence electrons. The number of hydrogen-bond acceptors (Lipinski definition) is 3. The molecule has 0 saturated carbocycles. The number of amides is 2. The van der Waals surface area contributed by atoms with Gasteiger partial charge in [-0.05, 0) is 34.0 Å². The number of aromatic nitrogens is 2. The van der Waals surface area contributed by atoms with Gasteiger partial charge in [-0.1, -0.05) is 6.07 Å². The summed E-state index contributed by atoms with van der Waals surface area (Å²) in [5, 5.41) is 10.2. The van der Waals surface area contributed by atoms with Crippen molar-refractivity contribution in [1.82, 2.24) is 15.5 Å². The zero-order valence-electron chi connectivity index (χ0n) is 9.37. The topological polar surface area (TPSA) is 74.8 Å². The minimum absolute atomic E-state index is 0.197. The maximum atomic E-state index is 11.9. The first kappa shape index (κ1) is 11.4. The molecule has 2 aromatic rings. The van der Waals surface area contributed by atoms with Gasteiger partial charge in [-0.25, -0.2) is 0 Å². The monoisotopic (exact) mass is 307 g/mol. The molecule has 1 aromatic heterocycles. The van der Waals surface area contributed by atoms with E-state index < -0.39 is 0 Å². The minimum Gasteiger partial charge on any atom is -0.296 e. The maximum absolute atomic E-state index is 11.9. The molecule has 6 heteroatoms. The zero-order valence-corrected chi connectivity index (χ0v) is 11.0. The summed E-state index contributed by atoms with van der Waals surface area (Å²) in [4.78, 5) is 23.0. The Kier molecular flexibility index (Phi) is 2.66. The van der Waals surface area contributed by atoms with E-state index in [1.807, 2.05) is 12.1 Å². The van der Waals surface area contributed by atoms with Gasteiger partial charge in [0.05, 0.1) is 17.6 Å². The Morgan fingerprint density at radius 2 is 2.17 bits per heavy atom. The lowest BCUT2D eigenvalue weighted by atomic mass is 9.89. The van der Waals surface area contributed by atoms with Crippen molar-refractivity contribution in [3.63, 3.8) is 0 Å². The quantitative estimate of drug-likeness (QED) is 0.790. The van der Waals surface area contributed by atoms with Gasteiger partial charge in [-0.2, -0.15) is 5.10 Å². The van der Waals surface area contributed by atoms with Crippen molar-refractivity contribution in [1.29, 1.82) is 0 Å². The van der Waals surface area contributed by atoms with E-state index in [0.717, 1.165) is 20.9 Å². The Morgan fingerprint density at radius 1 is 1.33 bits per heavy atom. The van der Waals surface area contributed by atoms with Crippen LogP contribution in [0, 0.1) is 0 Å². The van der Waals surface area contributed by atoms with E-state index in [-0.39, 0.29) is 17.7 Å². The van der Waals surface area contributed by atoms with E-state index in [9.17, 15) is 9.59 Å². The summed E-state index contributed by atoms with van der Waals surface area (Å²) in [6.45, 7) is 0. The number of nitrogens with one attached hydrogen (secondary N) is 2. The van der Waals surface area contributed by atoms with Gasteiger partial charge in [0.1, 0.15) is 0 Å². The fourth-order valence-electron chi connectivity index (χ4n) is 2.32. The van der Waals surface area contributed by atoms with Crippen LogP contribution in [0.1, 0.15) is 24.3 Å². The number of rotatable bonds is 1. The summed E-state index contributed by atoms with van der Waals surface area (Å²) < 4.78 is 0.908. The number of nitrogens with zero attached hydrogens (tertiary/aromatic N) is 1. The molecule has 3 rings (SSSR count). The molecule has 0 spiro atoms. The number of aromatic amines is 1. The average Bonchev–Trinajstić information content (AvgIpc) is 2.81. The van der Waals surface area contributed by atoms with E-state index in [0.29, 0.717) is 12.8 Å². The molecule has 2 amide bonds. The lowest BCUT2D eigenvalue weighted by Gasteiger charge is -2.21. The predicted octanol–water partition coefficient (Wildman–Crippen LogP) is 1.85. The van der Waals surface area contributed by atoms with Crippen LogP contribution < -0.4 is 5.32 Å². The van der Waals surface area contributed by atoms with E-state index in [2.05, 4.69) is 31.4 Å². The van der Waals surface area contributed by atoms with E-state index in [1.54, 1.807) is 6.20 Å². The second kappa shape index (κ2) is 4.20. The van der Waals surface area contributed by atoms with Gasteiger partial charge in [0.15, 0.2) is 0 Å². The van der Waals surface area contributed by atoms with Gasteiger partial charge in [0.2, 0.25) is 11.8 Å². The third-order valence-electron chi connectivity index (χ3n) is 3.21. The predicted molar refractivity (Wildman–Crippen MR) is 68.9 cm³/mol. The SMILES string of the molecule is O=C1CCC(c2ccc(Br)c3[nH]ncc23)C(=O)N1.